The maximum absolute atomic E-state index is 12.8. The zero-order valence-corrected chi connectivity index (χ0v) is 16.2. The average molecular weight is 415 g/mol. The first-order valence-corrected chi connectivity index (χ1v) is 9.43. The van der Waals surface area contributed by atoms with Gasteiger partial charge in [0.05, 0.1) is 24.1 Å². The highest BCUT2D eigenvalue weighted by Gasteiger charge is 2.36. The lowest BCUT2D eigenvalue weighted by Crippen LogP contribution is -2.29. The van der Waals surface area contributed by atoms with Gasteiger partial charge in [-0.25, -0.2) is 0 Å². The lowest BCUT2D eigenvalue weighted by atomic mass is 10.1. The Kier molecular flexibility index (Phi) is 5.28. The molecule has 8 nitrogen and oxygen atoms in total. The fraction of sp³-hybridized carbons (Fsp3) is 0.0870. The van der Waals surface area contributed by atoms with Crippen molar-refractivity contribution in [1.82, 2.24) is 9.88 Å². The van der Waals surface area contributed by atoms with Gasteiger partial charge in [0.1, 0.15) is 0 Å². The Morgan fingerprint density at radius 2 is 1.68 bits per heavy atom. The van der Waals surface area contributed by atoms with Gasteiger partial charge in [-0.2, -0.15) is 0 Å². The highest BCUT2D eigenvalue weighted by molar-refractivity contribution is 6.22. The standard InChI is InChI=1S/C23H17N3O5/c27-20(28)10-14-3-6-17(7-4-14)25-21(29)16-5-8-18-19(11-16)23(31)26(22(18)30)13-15-2-1-9-24-12-15/h1-9,11-12H,10,13H2,(H,25,29)(H,27,28). The molecule has 0 fully saturated rings. The van der Waals surface area contributed by atoms with Crippen LogP contribution in [-0.4, -0.2) is 38.7 Å². The van der Waals surface area contributed by atoms with Crippen molar-refractivity contribution in [2.24, 2.45) is 0 Å². The molecule has 0 aliphatic carbocycles. The maximum atomic E-state index is 12.8. The van der Waals surface area contributed by atoms with Crippen LogP contribution in [0.5, 0.6) is 0 Å². The van der Waals surface area contributed by atoms with E-state index in [1.807, 2.05) is 0 Å². The van der Waals surface area contributed by atoms with Crippen LogP contribution in [0.3, 0.4) is 0 Å². The number of carbonyl (C=O) groups excluding carboxylic acids is 3. The van der Waals surface area contributed by atoms with E-state index in [2.05, 4.69) is 10.3 Å². The van der Waals surface area contributed by atoms with Gasteiger partial charge in [0, 0.05) is 23.6 Å². The molecule has 2 heterocycles. The summed E-state index contributed by atoms with van der Waals surface area (Å²) in [5, 5.41) is 11.5. The number of rotatable bonds is 6. The van der Waals surface area contributed by atoms with Crippen LogP contribution in [0.4, 0.5) is 5.69 Å². The molecule has 3 aromatic rings. The smallest absolute Gasteiger partial charge is 0.307 e. The topological polar surface area (TPSA) is 117 Å². The quantitative estimate of drug-likeness (QED) is 0.598. The summed E-state index contributed by atoms with van der Waals surface area (Å²) in [5.74, 6) is -2.26. The van der Waals surface area contributed by atoms with Crippen molar-refractivity contribution in [2.75, 3.05) is 5.32 Å². The van der Waals surface area contributed by atoms with Gasteiger partial charge >= 0.3 is 5.97 Å². The van der Waals surface area contributed by atoms with Crippen LogP contribution < -0.4 is 5.32 Å². The molecule has 31 heavy (non-hydrogen) atoms. The Balaban J connectivity index is 1.50. The molecule has 154 valence electrons. The van der Waals surface area contributed by atoms with Crippen LogP contribution in [0.2, 0.25) is 0 Å². The molecule has 2 N–H and O–H groups in total. The molecule has 4 rings (SSSR count). The minimum atomic E-state index is -0.938. The van der Waals surface area contributed by atoms with Crippen LogP contribution in [0.15, 0.2) is 67.0 Å². The van der Waals surface area contributed by atoms with Gasteiger partial charge in [-0.3, -0.25) is 29.1 Å². The minimum absolute atomic E-state index is 0.102. The van der Waals surface area contributed by atoms with E-state index in [-0.39, 0.29) is 29.7 Å². The summed E-state index contributed by atoms with van der Waals surface area (Å²) in [7, 11) is 0. The fourth-order valence-electron chi connectivity index (χ4n) is 3.33. The van der Waals surface area contributed by atoms with Crippen LogP contribution in [0.1, 0.15) is 42.2 Å². The van der Waals surface area contributed by atoms with Gasteiger partial charge in [-0.05, 0) is 47.5 Å². The molecular formula is C23H17N3O5. The molecule has 0 unspecified atom stereocenters. The van der Waals surface area contributed by atoms with Crippen LogP contribution in [0.25, 0.3) is 0 Å². The number of carboxylic acid groups (broad SMARTS) is 1. The molecule has 0 saturated carbocycles. The number of amides is 3. The van der Waals surface area contributed by atoms with E-state index >= 15 is 0 Å². The molecule has 0 spiro atoms. The number of pyridine rings is 1. The predicted octanol–water partition coefficient (Wildman–Crippen LogP) is 2.76. The molecule has 0 radical (unpaired) electrons. The average Bonchev–Trinajstić information content (AvgIpc) is 3.00. The summed E-state index contributed by atoms with van der Waals surface area (Å²) in [6, 6.07) is 14.3. The highest BCUT2D eigenvalue weighted by Crippen LogP contribution is 2.26. The van der Waals surface area contributed by atoms with Crippen molar-refractivity contribution in [1.29, 1.82) is 0 Å². The fourth-order valence-corrected chi connectivity index (χ4v) is 3.33. The first-order valence-electron chi connectivity index (χ1n) is 9.43. The summed E-state index contributed by atoms with van der Waals surface area (Å²) < 4.78 is 0. The van der Waals surface area contributed by atoms with Gasteiger partial charge in [0.25, 0.3) is 17.7 Å². The Hall–Kier alpha value is -4.33. The third-order valence-electron chi connectivity index (χ3n) is 4.86. The Morgan fingerprint density at radius 1 is 0.935 bits per heavy atom. The second-order valence-electron chi connectivity index (χ2n) is 7.04. The number of benzene rings is 2. The van der Waals surface area contributed by atoms with Gasteiger partial charge in [-0.15, -0.1) is 0 Å². The SMILES string of the molecule is O=C(O)Cc1ccc(NC(=O)c2ccc3c(c2)C(=O)N(Cc2cccnc2)C3=O)cc1. The van der Waals surface area contributed by atoms with Crippen molar-refractivity contribution >= 4 is 29.4 Å². The van der Waals surface area contributed by atoms with Crippen LogP contribution >= 0.6 is 0 Å². The summed E-state index contributed by atoms with van der Waals surface area (Å²) in [4.78, 5) is 53.9. The zero-order valence-electron chi connectivity index (χ0n) is 16.2. The number of imide groups is 1. The molecule has 0 bridgehead atoms. The Morgan fingerprint density at radius 3 is 2.35 bits per heavy atom. The molecule has 3 amide bonds. The van der Waals surface area contributed by atoms with E-state index in [1.165, 1.54) is 18.2 Å². The first-order chi connectivity index (χ1) is 14.9. The number of hydrogen-bond donors (Lipinski definition) is 2. The monoisotopic (exact) mass is 415 g/mol. The molecule has 0 saturated heterocycles. The minimum Gasteiger partial charge on any atom is -0.481 e. The third-order valence-corrected chi connectivity index (χ3v) is 4.86. The number of aromatic nitrogens is 1. The lowest BCUT2D eigenvalue weighted by Gasteiger charge is -2.13. The molecule has 2 aromatic carbocycles. The van der Waals surface area contributed by atoms with Crippen LogP contribution in [-0.2, 0) is 17.8 Å². The van der Waals surface area contributed by atoms with E-state index in [0.29, 0.717) is 11.3 Å². The number of carboxylic acids is 1. The van der Waals surface area contributed by atoms with Crippen molar-refractivity contribution in [3.05, 3.63) is 94.8 Å². The van der Waals surface area contributed by atoms with E-state index in [4.69, 9.17) is 5.11 Å². The van der Waals surface area contributed by atoms with Gasteiger partial charge < -0.3 is 10.4 Å². The van der Waals surface area contributed by atoms with E-state index in [0.717, 1.165) is 10.5 Å². The van der Waals surface area contributed by atoms with Crippen LogP contribution in [0, 0.1) is 0 Å². The normalized spacial score (nSPS) is 12.6. The summed E-state index contributed by atoms with van der Waals surface area (Å²) in [5.41, 5.74) is 2.49. The summed E-state index contributed by atoms with van der Waals surface area (Å²) in [6.07, 6.45) is 3.09. The number of aliphatic carboxylic acids is 1. The van der Waals surface area contributed by atoms with Crippen molar-refractivity contribution in [3.63, 3.8) is 0 Å². The van der Waals surface area contributed by atoms with E-state index < -0.39 is 23.7 Å². The number of nitrogens with one attached hydrogen (secondary N) is 1. The zero-order chi connectivity index (χ0) is 22.0. The molecule has 8 heteroatoms. The summed E-state index contributed by atoms with van der Waals surface area (Å²) >= 11 is 0. The number of anilines is 1. The number of hydrogen-bond acceptors (Lipinski definition) is 5. The number of nitrogens with zero attached hydrogens (tertiary/aromatic N) is 2. The third kappa shape index (κ3) is 4.18. The van der Waals surface area contributed by atoms with Gasteiger partial charge in [0.15, 0.2) is 0 Å². The molecule has 1 aromatic heterocycles. The second kappa shape index (κ2) is 8.19. The van der Waals surface area contributed by atoms with E-state index in [9.17, 15) is 19.2 Å². The van der Waals surface area contributed by atoms with Crippen molar-refractivity contribution in [2.45, 2.75) is 13.0 Å². The van der Waals surface area contributed by atoms with Gasteiger partial charge in [-0.1, -0.05) is 18.2 Å². The highest BCUT2D eigenvalue weighted by atomic mass is 16.4. The van der Waals surface area contributed by atoms with Crippen molar-refractivity contribution < 1.29 is 24.3 Å². The van der Waals surface area contributed by atoms with Gasteiger partial charge in [0.2, 0.25) is 0 Å². The molecular weight excluding hydrogens is 398 g/mol. The first kappa shape index (κ1) is 20.0. The van der Waals surface area contributed by atoms with E-state index in [1.54, 1.807) is 48.8 Å². The number of carbonyl (C=O) groups is 4. The Labute approximate surface area is 177 Å². The largest absolute Gasteiger partial charge is 0.481 e. The predicted molar refractivity (Wildman–Crippen MR) is 111 cm³/mol. The Bertz CT molecular complexity index is 1190. The molecule has 0 atom stereocenters. The maximum Gasteiger partial charge on any atom is 0.307 e. The molecule has 1 aliphatic rings. The van der Waals surface area contributed by atoms with Crippen molar-refractivity contribution in [3.8, 4) is 0 Å². The molecule has 1 aliphatic heterocycles. The number of fused-ring (bicyclic) bond motifs is 1. The second-order valence-corrected chi connectivity index (χ2v) is 7.04. The summed E-state index contributed by atoms with van der Waals surface area (Å²) in [6.45, 7) is 0.102. The lowest BCUT2D eigenvalue weighted by molar-refractivity contribution is -0.136.